The summed E-state index contributed by atoms with van der Waals surface area (Å²) in [4.78, 5) is 11.5. The van der Waals surface area contributed by atoms with Crippen LogP contribution < -0.4 is 5.32 Å². The zero-order chi connectivity index (χ0) is 18.4. The van der Waals surface area contributed by atoms with E-state index in [0.717, 1.165) is 30.7 Å². The quantitative estimate of drug-likeness (QED) is 0.719. The van der Waals surface area contributed by atoms with E-state index < -0.39 is 15.1 Å². The number of aromatic nitrogens is 3. The molecule has 0 aliphatic heterocycles. The average molecular weight is 368 g/mol. The number of amides is 1. The lowest BCUT2D eigenvalue weighted by Crippen LogP contribution is -2.27. The first-order valence-electron chi connectivity index (χ1n) is 7.97. The van der Waals surface area contributed by atoms with Gasteiger partial charge in [0, 0.05) is 18.3 Å². The van der Waals surface area contributed by atoms with Crippen LogP contribution >= 0.6 is 0 Å². The third kappa shape index (κ3) is 5.93. The fourth-order valence-corrected chi connectivity index (χ4v) is 2.61. The molecule has 0 saturated heterocycles. The van der Waals surface area contributed by atoms with Crippen LogP contribution in [0.5, 0.6) is 0 Å². The lowest BCUT2D eigenvalue weighted by atomic mass is 10.1. The van der Waals surface area contributed by atoms with Crippen LogP contribution in [0.1, 0.15) is 36.3 Å². The number of nitrogens with one attached hydrogen (secondary N) is 1. The molecule has 0 unspecified atom stereocenters. The van der Waals surface area contributed by atoms with Crippen molar-refractivity contribution in [3.05, 3.63) is 41.7 Å². The molecule has 1 heterocycles. The van der Waals surface area contributed by atoms with E-state index in [1.165, 1.54) is 12.1 Å². The first-order valence-corrected chi connectivity index (χ1v) is 9.36. The summed E-state index contributed by atoms with van der Waals surface area (Å²) in [5, 5.41) is 10.8. The zero-order valence-corrected chi connectivity index (χ0v) is 15.0. The Morgan fingerprint density at radius 2 is 1.96 bits per heavy atom. The largest absolute Gasteiger partial charge is 0.350 e. The van der Waals surface area contributed by atoms with Gasteiger partial charge in [-0.05, 0) is 43.0 Å². The smallest absolute Gasteiger partial charge is 0.332 e. The summed E-state index contributed by atoms with van der Waals surface area (Å²) in [5.41, 5.74) is 1.17. The van der Waals surface area contributed by atoms with Crippen molar-refractivity contribution in [3.8, 4) is 0 Å². The van der Waals surface area contributed by atoms with E-state index >= 15 is 0 Å². The maximum atomic E-state index is 12.8. The molecular formula is C16H21FN4O3S. The highest BCUT2D eigenvalue weighted by atomic mass is 32.3. The first kappa shape index (κ1) is 19.0. The van der Waals surface area contributed by atoms with Crippen molar-refractivity contribution in [2.75, 3.05) is 6.54 Å². The van der Waals surface area contributed by atoms with Crippen LogP contribution in [0.3, 0.4) is 0 Å². The number of halogens is 1. The number of carbonyl (C=O) groups excluding carboxylic acids is 1. The summed E-state index contributed by atoms with van der Waals surface area (Å²) < 4.78 is 36.0. The minimum absolute atomic E-state index is 0.253. The Morgan fingerprint density at radius 1 is 1.28 bits per heavy atom. The van der Waals surface area contributed by atoms with Gasteiger partial charge in [-0.25, -0.2) is 0 Å². The van der Waals surface area contributed by atoms with Crippen LogP contribution in [0.2, 0.25) is 0 Å². The zero-order valence-electron chi connectivity index (χ0n) is 14.1. The van der Waals surface area contributed by atoms with Crippen molar-refractivity contribution in [1.29, 1.82) is 0 Å². The van der Waals surface area contributed by atoms with Gasteiger partial charge in [0.1, 0.15) is 0 Å². The Labute approximate surface area is 146 Å². The Kier molecular flexibility index (Phi) is 6.24. The van der Waals surface area contributed by atoms with Crippen LogP contribution in [0.4, 0.5) is 3.89 Å². The molecular weight excluding hydrogens is 347 g/mol. The second kappa shape index (κ2) is 8.19. The third-order valence-corrected chi connectivity index (χ3v) is 4.42. The average Bonchev–Trinajstić information content (AvgIpc) is 3.00. The van der Waals surface area contributed by atoms with Gasteiger partial charge in [-0.3, -0.25) is 9.48 Å². The molecule has 136 valence electrons. The summed E-state index contributed by atoms with van der Waals surface area (Å²) in [5.74, 6) is 0.228. The summed E-state index contributed by atoms with van der Waals surface area (Å²) >= 11 is 0. The predicted octanol–water partition coefficient (Wildman–Crippen LogP) is 1.95. The number of rotatable bonds is 8. The molecule has 0 atom stereocenters. The second-order valence-corrected chi connectivity index (χ2v) is 7.47. The fourth-order valence-electron chi connectivity index (χ4n) is 2.15. The third-order valence-electron chi connectivity index (χ3n) is 3.59. The van der Waals surface area contributed by atoms with Crippen LogP contribution in [-0.2, 0) is 23.2 Å². The minimum atomic E-state index is -4.76. The fraction of sp³-hybridized carbons (Fsp3) is 0.438. The van der Waals surface area contributed by atoms with Gasteiger partial charge >= 0.3 is 10.2 Å². The first-order chi connectivity index (χ1) is 11.8. The number of hydrogen-bond donors (Lipinski definition) is 1. The highest BCUT2D eigenvalue weighted by Gasteiger charge is 2.13. The van der Waals surface area contributed by atoms with Gasteiger partial charge in [-0.1, -0.05) is 19.1 Å². The molecule has 2 aromatic rings. The lowest BCUT2D eigenvalue weighted by molar-refractivity contribution is 0.0951. The standard InChI is InChI=1S/C16H21FN4O3S/c1-12(2)3-6-14-11-21(20-19-14)10-9-18-16(22)13-4-7-15(8-5-13)25(17,23)24/h4-5,7-8,11-12H,3,6,9-10H2,1-2H3,(H,18,22). The maximum absolute atomic E-state index is 12.8. The predicted molar refractivity (Wildman–Crippen MR) is 90.3 cm³/mol. The topological polar surface area (TPSA) is 94.0 Å². The maximum Gasteiger partial charge on any atom is 0.332 e. The van der Waals surface area contributed by atoms with Gasteiger partial charge in [0.2, 0.25) is 0 Å². The van der Waals surface area contributed by atoms with E-state index in [0.29, 0.717) is 19.0 Å². The highest BCUT2D eigenvalue weighted by Crippen LogP contribution is 2.13. The number of nitrogens with zero attached hydrogens (tertiary/aromatic N) is 3. The highest BCUT2D eigenvalue weighted by molar-refractivity contribution is 7.86. The number of benzene rings is 1. The molecule has 1 aromatic carbocycles. The van der Waals surface area contributed by atoms with Crippen molar-refractivity contribution in [2.24, 2.45) is 5.92 Å². The van der Waals surface area contributed by atoms with E-state index in [1.807, 2.05) is 6.20 Å². The molecule has 0 radical (unpaired) electrons. The molecule has 0 aliphatic rings. The lowest BCUT2D eigenvalue weighted by Gasteiger charge is -2.05. The van der Waals surface area contributed by atoms with E-state index in [2.05, 4.69) is 29.5 Å². The molecule has 0 spiro atoms. The SMILES string of the molecule is CC(C)CCc1cn(CCNC(=O)c2ccc(S(=O)(=O)F)cc2)nn1. The minimum Gasteiger partial charge on any atom is -0.350 e. The Morgan fingerprint density at radius 3 is 2.56 bits per heavy atom. The molecule has 9 heteroatoms. The molecule has 1 amide bonds. The number of hydrogen-bond acceptors (Lipinski definition) is 5. The molecule has 7 nitrogen and oxygen atoms in total. The molecule has 0 aliphatic carbocycles. The van der Waals surface area contributed by atoms with E-state index in [4.69, 9.17) is 0 Å². The molecule has 25 heavy (non-hydrogen) atoms. The molecule has 2 rings (SSSR count). The van der Waals surface area contributed by atoms with E-state index in [9.17, 15) is 17.1 Å². The molecule has 0 bridgehead atoms. The van der Waals surface area contributed by atoms with Gasteiger partial charge in [0.05, 0.1) is 17.1 Å². The van der Waals surface area contributed by atoms with Gasteiger partial charge in [0.15, 0.2) is 0 Å². The van der Waals surface area contributed by atoms with Crippen molar-refractivity contribution < 1.29 is 17.1 Å². The van der Waals surface area contributed by atoms with Gasteiger partial charge < -0.3 is 5.32 Å². The normalized spacial score (nSPS) is 11.7. The van der Waals surface area contributed by atoms with Gasteiger partial charge in [-0.2, -0.15) is 8.42 Å². The second-order valence-electron chi connectivity index (χ2n) is 6.12. The van der Waals surface area contributed by atoms with Crippen molar-refractivity contribution >= 4 is 16.1 Å². The summed E-state index contributed by atoms with van der Waals surface area (Å²) in [6.07, 6.45) is 3.77. The summed E-state index contributed by atoms with van der Waals surface area (Å²) in [6.45, 7) is 5.11. The van der Waals surface area contributed by atoms with E-state index in [-0.39, 0.29) is 11.5 Å². The Balaban J connectivity index is 1.82. The van der Waals surface area contributed by atoms with Gasteiger partial charge in [0.25, 0.3) is 5.91 Å². The summed E-state index contributed by atoms with van der Waals surface area (Å²) in [7, 11) is -4.76. The molecule has 1 N–H and O–H groups in total. The van der Waals surface area contributed by atoms with Crippen LogP contribution in [0.15, 0.2) is 35.4 Å². The Bertz CT molecular complexity index is 816. The Hall–Kier alpha value is -2.29. The molecule has 0 saturated carbocycles. The molecule has 0 fully saturated rings. The summed E-state index contributed by atoms with van der Waals surface area (Å²) in [6, 6.07) is 4.65. The number of carbonyl (C=O) groups is 1. The van der Waals surface area contributed by atoms with Crippen LogP contribution in [0, 0.1) is 5.92 Å². The van der Waals surface area contributed by atoms with Crippen molar-refractivity contribution in [1.82, 2.24) is 20.3 Å². The monoisotopic (exact) mass is 368 g/mol. The van der Waals surface area contributed by atoms with Crippen molar-refractivity contribution in [3.63, 3.8) is 0 Å². The van der Waals surface area contributed by atoms with Crippen LogP contribution in [-0.4, -0.2) is 35.9 Å². The molecule has 1 aromatic heterocycles. The van der Waals surface area contributed by atoms with Crippen molar-refractivity contribution in [2.45, 2.75) is 38.1 Å². The van der Waals surface area contributed by atoms with Crippen LogP contribution in [0.25, 0.3) is 0 Å². The number of aryl methyl sites for hydroxylation is 1. The van der Waals surface area contributed by atoms with E-state index in [1.54, 1.807) is 4.68 Å². The van der Waals surface area contributed by atoms with Gasteiger partial charge in [-0.15, -0.1) is 8.98 Å².